The van der Waals surface area contributed by atoms with Gasteiger partial charge in [-0.3, -0.25) is 0 Å². The first-order valence-electron chi connectivity index (χ1n) is 12.9. The highest BCUT2D eigenvalue weighted by atomic mass is 28.3. The smallest absolute Gasteiger partial charge is 0.0654 e. The average Bonchev–Trinajstić information content (AvgIpc) is 2.80. The molecule has 0 bridgehead atoms. The third kappa shape index (κ3) is 9.21. The van der Waals surface area contributed by atoms with Crippen molar-refractivity contribution in [3.8, 4) is 0 Å². The van der Waals surface area contributed by atoms with E-state index < -0.39 is 8.07 Å². The summed E-state index contributed by atoms with van der Waals surface area (Å²) in [6.45, 7) is 4.87. The second kappa shape index (κ2) is 15.5. The maximum Gasteiger partial charge on any atom is 0.115 e. The monoisotopic (exact) mass is 422 g/mol. The van der Waals surface area contributed by atoms with Crippen molar-refractivity contribution in [3.63, 3.8) is 0 Å². The van der Waals surface area contributed by atoms with Gasteiger partial charge in [-0.15, -0.1) is 0 Å². The highest BCUT2D eigenvalue weighted by molar-refractivity contribution is 7.01. The highest BCUT2D eigenvalue weighted by Gasteiger charge is 2.30. The zero-order valence-corrected chi connectivity index (χ0v) is 20.9. The molecule has 30 heavy (non-hydrogen) atoms. The van der Waals surface area contributed by atoms with Crippen molar-refractivity contribution in [2.24, 2.45) is 0 Å². The third-order valence-corrected chi connectivity index (χ3v) is 11.4. The molecule has 0 aliphatic heterocycles. The number of unbranched alkanes of at least 4 members (excludes halogenated alkanes) is 13. The van der Waals surface area contributed by atoms with E-state index in [1.807, 2.05) is 0 Å². The lowest BCUT2D eigenvalue weighted by Gasteiger charge is -2.29. The molecular weight excluding hydrogens is 376 g/mol. The van der Waals surface area contributed by atoms with Crippen molar-refractivity contribution in [2.45, 2.75) is 109 Å². The van der Waals surface area contributed by atoms with Crippen LogP contribution in [0.5, 0.6) is 0 Å². The first-order valence-corrected chi connectivity index (χ1v) is 15.6. The molecule has 0 aliphatic carbocycles. The van der Waals surface area contributed by atoms with Gasteiger partial charge in [-0.2, -0.15) is 0 Å². The Bertz CT molecular complexity index is 594. The van der Waals surface area contributed by atoms with Crippen LogP contribution in [-0.2, 0) is 0 Å². The van der Waals surface area contributed by atoms with Crippen LogP contribution in [0.15, 0.2) is 60.7 Å². The minimum atomic E-state index is -1.60. The fraction of sp³-hybridized carbons (Fsp3) is 0.586. The molecule has 0 unspecified atom stereocenters. The fourth-order valence-electron chi connectivity index (χ4n) is 4.74. The van der Waals surface area contributed by atoms with Crippen LogP contribution in [0.2, 0.25) is 12.6 Å². The van der Waals surface area contributed by atoms with E-state index >= 15 is 0 Å². The van der Waals surface area contributed by atoms with Gasteiger partial charge in [-0.25, -0.2) is 0 Å². The van der Waals surface area contributed by atoms with E-state index in [0.717, 1.165) is 0 Å². The molecule has 0 atom stereocenters. The molecule has 0 aliphatic rings. The average molecular weight is 423 g/mol. The van der Waals surface area contributed by atoms with Gasteiger partial charge in [0.25, 0.3) is 0 Å². The molecule has 2 rings (SSSR count). The Morgan fingerprint density at radius 2 is 0.800 bits per heavy atom. The molecule has 2 aromatic rings. The second-order valence-electron chi connectivity index (χ2n) is 9.41. The van der Waals surface area contributed by atoms with Gasteiger partial charge < -0.3 is 0 Å². The molecule has 0 N–H and O–H groups in total. The van der Waals surface area contributed by atoms with Crippen LogP contribution in [0.1, 0.15) is 96.8 Å². The predicted molar refractivity (Wildman–Crippen MR) is 139 cm³/mol. The summed E-state index contributed by atoms with van der Waals surface area (Å²) in [5, 5.41) is 3.18. The summed E-state index contributed by atoms with van der Waals surface area (Å²) in [7, 11) is -1.60. The van der Waals surface area contributed by atoms with Crippen molar-refractivity contribution < 1.29 is 0 Å². The van der Waals surface area contributed by atoms with Crippen LogP contribution in [0.3, 0.4) is 0 Å². The van der Waals surface area contributed by atoms with Crippen LogP contribution >= 0.6 is 0 Å². The summed E-state index contributed by atoms with van der Waals surface area (Å²) >= 11 is 0. The minimum Gasteiger partial charge on any atom is -0.0654 e. The first-order chi connectivity index (χ1) is 14.8. The summed E-state index contributed by atoms with van der Waals surface area (Å²) < 4.78 is 0. The molecule has 0 radical (unpaired) electrons. The third-order valence-electron chi connectivity index (χ3n) is 6.85. The van der Waals surface area contributed by atoms with Gasteiger partial charge in [0.2, 0.25) is 0 Å². The van der Waals surface area contributed by atoms with Crippen LogP contribution in [0.4, 0.5) is 0 Å². The molecule has 0 spiro atoms. The molecule has 1 heteroatoms. The lowest BCUT2D eigenvalue weighted by atomic mass is 10.0. The topological polar surface area (TPSA) is 0 Å². The van der Waals surface area contributed by atoms with E-state index in [1.54, 1.807) is 10.4 Å². The van der Waals surface area contributed by atoms with Crippen molar-refractivity contribution in [1.29, 1.82) is 0 Å². The lowest BCUT2D eigenvalue weighted by Crippen LogP contribution is -2.55. The lowest BCUT2D eigenvalue weighted by molar-refractivity contribution is 0.538. The van der Waals surface area contributed by atoms with Crippen molar-refractivity contribution >= 4 is 18.4 Å². The molecule has 0 saturated carbocycles. The zero-order chi connectivity index (χ0) is 21.3. The van der Waals surface area contributed by atoms with E-state index in [0.29, 0.717) is 0 Å². The molecule has 0 saturated heterocycles. The predicted octanol–water partition coefficient (Wildman–Crippen LogP) is 8.36. The van der Waals surface area contributed by atoms with E-state index in [-0.39, 0.29) is 0 Å². The summed E-state index contributed by atoms with van der Waals surface area (Å²) in [6.07, 6.45) is 20.1. The van der Waals surface area contributed by atoms with Crippen LogP contribution in [0, 0.1) is 0 Å². The molecule has 166 valence electrons. The Balaban J connectivity index is 1.59. The molecule has 0 aromatic heterocycles. The first kappa shape index (κ1) is 24.9. The second-order valence-corrected chi connectivity index (χ2v) is 13.7. The number of hydrogen-bond acceptors (Lipinski definition) is 0. The summed E-state index contributed by atoms with van der Waals surface area (Å²) in [5.74, 6) is 0. The molecule has 0 nitrogen and oxygen atoms in total. The van der Waals surface area contributed by atoms with E-state index in [2.05, 4.69) is 74.1 Å². The van der Waals surface area contributed by atoms with Gasteiger partial charge in [0.15, 0.2) is 0 Å². The van der Waals surface area contributed by atoms with Gasteiger partial charge in [0.05, 0.1) is 0 Å². The van der Waals surface area contributed by atoms with Gasteiger partial charge >= 0.3 is 0 Å². The number of hydrogen-bond donors (Lipinski definition) is 0. The molecule has 0 heterocycles. The highest BCUT2D eigenvalue weighted by Crippen LogP contribution is 2.18. The van der Waals surface area contributed by atoms with Crippen LogP contribution in [0.25, 0.3) is 0 Å². The van der Waals surface area contributed by atoms with Crippen LogP contribution in [-0.4, -0.2) is 8.07 Å². The Morgan fingerprint density at radius 3 is 1.17 bits per heavy atom. The molecule has 2 aromatic carbocycles. The Hall–Kier alpha value is -1.34. The van der Waals surface area contributed by atoms with Gasteiger partial charge in [-0.05, 0) is 6.04 Å². The van der Waals surface area contributed by atoms with Crippen molar-refractivity contribution in [1.82, 2.24) is 0 Å². The molecule has 0 amide bonds. The SMILES string of the molecule is CCCCCCCCCCCCCCCC[Si](C)(c1ccccc1)c1ccccc1. The van der Waals surface area contributed by atoms with Crippen molar-refractivity contribution in [2.75, 3.05) is 0 Å². The molecular formula is C29H46Si. The maximum absolute atomic E-state index is 2.57. The minimum absolute atomic E-state index is 1.36. The standard InChI is InChI=1S/C29H46Si/c1-3-4-5-6-7-8-9-10-11-12-13-14-15-22-27-30(2,28-23-18-16-19-24-28)29-25-20-17-21-26-29/h16-21,23-26H,3-15,22,27H2,1-2H3. The van der Waals surface area contributed by atoms with Gasteiger partial charge in [-0.1, -0.05) is 174 Å². The Morgan fingerprint density at radius 1 is 0.467 bits per heavy atom. The summed E-state index contributed by atoms with van der Waals surface area (Å²) in [5.41, 5.74) is 0. The largest absolute Gasteiger partial charge is 0.115 e. The van der Waals surface area contributed by atoms with E-state index in [1.165, 1.54) is 95.9 Å². The summed E-state index contributed by atoms with van der Waals surface area (Å²) in [6, 6.07) is 24.0. The quantitative estimate of drug-likeness (QED) is 0.177. The van der Waals surface area contributed by atoms with Gasteiger partial charge in [0.1, 0.15) is 8.07 Å². The number of rotatable bonds is 17. The Labute approximate surface area is 188 Å². The fourth-order valence-corrected chi connectivity index (χ4v) is 8.46. The normalized spacial score (nSPS) is 11.7. The maximum atomic E-state index is 2.57. The Kier molecular flexibility index (Phi) is 12.8. The molecule has 0 fully saturated rings. The summed E-state index contributed by atoms with van der Waals surface area (Å²) in [4.78, 5) is 0. The zero-order valence-electron chi connectivity index (χ0n) is 19.9. The van der Waals surface area contributed by atoms with E-state index in [9.17, 15) is 0 Å². The number of benzene rings is 2. The van der Waals surface area contributed by atoms with Crippen molar-refractivity contribution in [3.05, 3.63) is 60.7 Å². The van der Waals surface area contributed by atoms with E-state index in [4.69, 9.17) is 0 Å². The van der Waals surface area contributed by atoms with Crippen LogP contribution < -0.4 is 10.4 Å². The van der Waals surface area contributed by atoms with Gasteiger partial charge in [0, 0.05) is 0 Å².